The quantitative estimate of drug-likeness (QED) is 0.429. The first kappa shape index (κ1) is 23.3. The van der Waals surface area contributed by atoms with E-state index in [1.54, 1.807) is 12.1 Å². The number of nitrogens with zero attached hydrogens (tertiary/aromatic N) is 2. The van der Waals surface area contributed by atoms with Gasteiger partial charge in [-0.15, -0.1) is 0 Å². The number of amides is 1. The number of hydrogen-bond acceptors (Lipinski definition) is 3. The van der Waals surface area contributed by atoms with E-state index in [1.807, 2.05) is 0 Å². The zero-order valence-corrected chi connectivity index (χ0v) is 17.9. The maximum absolute atomic E-state index is 13.0. The molecule has 0 radical (unpaired) electrons. The van der Waals surface area contributed by atoms with Crippen LogP contribution in [-0.4, -0.2) is 27.4 Å². The number of nitrogens with one attached hydrogen (secondary N) is 2. The molecule has 5 nitrogen and oxygen atoms in total. The zero-order chi connectivity index (χ0) is 23.8. The molecular weight excluding hydrogens is 467 g/mol. The van der Waals surface area contributed by atoms with Crippen molar-refractivity contribution < 1.29 is 26.7 Å². The van der Waals surface area contributed by atoms with Crippen molar-refractivity contribution in [3.05, 3.63) is 64.4 Å². The van der Waals surface area contributed by atoms with Gasteiger partial charge < -0.3 is 10.6 Å². The maximum Gasteiger partial charge on any atom is 0.434 e. The number of hydrogen-bond donors (Lipinski definition) is 2. The van der Waals surface area contributed by atoms with Gasteiger partial charge in [0.25, 0.3) is 12.3 Å². The average Bonchev–Trinajstić information content (AvgIpc) is 3.21. The third-order valence-corrected chi connectivity index (χ3v) is 6.00. The molecule has 0 aliphatic heterocycles. The predicted octanol–water partition coefficient (Wildman–Crippen LogP) is 6.10. The summed E-state index contributed by atoms with van der Waals surface area (Å²) in [6.07, 6.45) is -3.58. The molecule has 4 rings (SSSR count). The molecule has 33 heavy (non-hydrogen) atoms. The van der Waals surface area contributed by atoms with Gasteiger partial charge in [-0.05, 0) is 49.9 Å². The molecule has 2 N–H and O–H groups in total. The largest absolute Gasteiger partial charge is 0.434 e. The van der Waals surface area contributed by atoms with Crippen LogP contribution in [0.1, 0.15) is 53.7 Å². The molecule has 0 spiro atoms. The average molecular weight is 487 g/mol. The van der Waals surface area contributed by atoms with E-state index >= 15 is 0 Å². The van der Waals surface area contributed by atoms with Crippen molar-refractivity contribution in [3.63, 3.8) is 0 Å². The topological polar surface area (TPSA) is 58.4 Å². The van der Waals surface area contributed by atoms with E-state index in [0.29, 0.717) is 31.5 Å². The Morgan fingerprint density at radius 1 is 1.09 bits per heavy atom. The van der Waals surface area contributed by atoms with Gasteiger partial charge in [0.15, 0.2) is 5.69 Å². The summed E-state index contributed by atoms with van der Waals surface area (Å²) in [6.45, 7) is 0. The van der Waals surface area contributed by atoms with E-state index in [2.05, 4.69) is 15.6 Å². The molecule has 2 heterocycles. The number of halogens is 6. The highest BCUT2D eigenvalue weighted by Gasteiger charge is 2.34. The molecule has 0 saturated heterocycles. The van der Waals surface area contributed by atoms with E-state index in [4.69, 9.17) is 11.6 Å². The van der Waals surface area contributed by atoms with E-state index in [1.165, 1.54) is 22.6 Å². The Bertz CT molecular complexity index is 1160. The first-order valence-electron chi connectivity index (χ1n) is 10.3. The molecule has 1 amide bonds. The van der Waals surface area contributed by atoms with Gasteiger partial charge in [-0.3, -0.25) is 9.20 Å². The molecule has 0 unspecified atom stereocenters. The maximum atomic E-state index is 13.0. The van der Waals surface area contributed by atoms with Crippen molar-refractivity contribution >= 4 is 29.0 Å². The highest BCUT2D eigenvalue weighted by molar-refractivity contribution is 6.33. The molecule has 1 aliphatic carbocycles. The summed E-state index contributed by atoms with van der Waals surface area (Å²) < 4.78 is 65.9. The third kappa shape index (κ3) is 5.21. The number of pyridine rings is 1. The van der Waals surface area contributed by atoms with Crippen LogP contribution in [0.5, 0.6) is 0 Å². The van der Waals surface area contributed by atoms with Crippen LogP contribution in [0.4, 0.5) is 27.8 Å². The van der Waals surface area contributed by atoms with Crippen molar-refractivity contribution in [2.45, 2.75) is 50.4 Å². The van der Waals surface area contributed by atoms with Gasteiger partial charge in [-0.1, -0.05) is 23.7 Å². The number of fused-ring (bicyclic) bond motifs is 1. The molecule has 2 aromatic heterocycles. The SMILES string of the molecule is O=C(NC1CCC(Nc2cccc3nc(C(F)(F)F)cn23)CC1)c1ccc(C(F)F)cc1Cl. The summed E-state index contributed by atoms with van der Waals surface area (Å²) in [5.41, 5.74) is -0.876. The number of alkyl halides is 5. The van der Waals surface area contributed by atoms with Crippen molar-refractivity contribution in [2.24, 2.45) is 0 Å². The Hall–Kier alpha value is -2.88. The van der Waals surface area contributed by atoms with Crippen LogP contribution >= 0.6 is 11.6 Å². The zero-order valence-electron chi connectivity index (χ0n) is 17.2. The van der Waals surface area contributed by atoms with E-state index in [9.17, 15) is 26.7 Å². The first-order valence-corrected chi connectivity index (χ1v) is 10.7. The second-order valence-electron chi connectivity index (χ2n) is 7.97. The summed E-state index contributed by atoms with van der Waals surface area (Å²) >= 11 is 6.00. The number of imidazole rings is 1. The highest BCUT2D eigenvalue weighted by Crippen LogP contribution is 2.30. The van der Waals surface area contributed by atoms with Crippen LogP contribution in [0.25, 0.3) is 5.65 Å². The van der Waals surface area contributed by atoms with E-state index < -0.39 is 24.2 Å². The monoisotopic (exact) mass is 486 g/mol. The summed E-state index contributed by atoms with van der Waals surface area (Å²) in [6, 6.07) is 8.26. The van der Waals surface area contributed by atoms with Gasteiger partial charge in [-0.25, -0.2) is 13.8 Å². The van der Waals surface area contributed by atoms with Crippen molar-refractivity contribution in [1.82, 2.24) is 14.7 Å². The van der Waals surface area contributed by atoms with E-state index in [-0.39, 0.29) is 33.9 Å². The molecule has 1 fully saturated rings. The van der Waals surface area contributed by atoms with Crippen LogP contribution in [0.15, 0.2) is 42.6 Å². The fraction of sp³-hybridized carbons (Fsp3) is 0.364. The van der Waals surface area contributed by atoms with Crippen molar-refractivity contribution in [2.75, 3.05) is 5.32 Å². The fourth-order valence-corrected chi connectivity index (χ4v) is 4.25. The van der Waals surface area contributed by atoms with Crippen molar-refractivity contribution in [3.8, 4) is 0 Å². The first-order chi connectivity index (χ1) is 15.6. The normalized spacial score (nSPS) is 19.1. The van der Waals surface area contributed by atoms with Crippen LogP contribution < -0.4 is 10.6 Å². The van der Waals surface area contributed by atoms with Crippen LogP contribution in [-0.2, 0) is 6.18 Å². The van der Waals surface area contributed by atoms with Gasteiger partial charge in [-0.2, -0.15) is 13.2 Å². The molecule has 176 valence electrons. The van der Waals surface area contributed by atoms with Crippen LogP contribution in [0.2, 0.25) is 5.02 Å². The van der Waals surface area contributed by atoms with Crippen LogP contribution in [0, 0.1) is 0 Å². The summed E-state index contributed by atoms with van der Waals surface area (Å²) in [4.78, 5) is 16.1. The lowest BCUT2D eigenvalue weighted by Crippen LogP contribution is -2.40. The fourth-order valence-electron chi connectivity index (χ4n) is 3.97. The lowest BCUT2D eigenvalue weighted by molar-refractivity contribution is -0.140. The Balaban J connectivity index is 1.36. The van der Waals surface area contributed by atoms with Gasteiger partial charge in [0.1, 0.15) is 11.5 Å². The Morgan fingerprint density at radius 3 is 2.42 bits per heavy atom. The second kappa shape index (κ2) is 9.17. The Labute approximate surface area is 190 Å². The van der Waals surface area contributed by atoms with Crippen LogP contribution in [0.3, 0.4) is 0 Å². The number of rotatable bonds is 5. The van der Waals surface area contributed by atoms with Gasteiger partial charge in [0.05, 0.1) is 10.6 Å². The smallest absolute Gasteiger partial charge is 0.368 e. The highest BCUT2D eigenvalue weighted by atomic mass is 35.5. The minimum atomic E-state index is -4.53. The lowest BCUT2D eigenvalue weighted by atomic mass is 9.91. The molecule has 11 heteroatoms. The standard InChI is InChI=1S/C22H20ClF5N4O/c23-16-10-12(20(24)25)4-9-15(16)21(33)30-14-7-5-13(6-8-14)29-18-2-1-3-19-31-17(11-32(18)19)22(26,27)28/h1-4,9-11,13-14,20,29H,5-8H2,(H,30,33). The number of anilines is 1. The Kier molecular flexibility index (Phi) is 6.47. The number of benzene rings is 1. The molecular formula is C22H20ClF5N4O. The number of aromatic nitrogens is 2. The number of carbonyl (C=O) groups excluding carboxylic acids is 1. The second-order valence-corrected chi connectivity index (χ2v) is 8.38. The molecule has 0 atom stereocenters. The Morgan fingerprint density at radius 2 is 1.79 bits per heavy atom. The van der Waals surface area contributed by atoms with Gasteiger partial charge in [0, 0.05) is 23.8 Å². The van der Waals surface area contributed by atoms with Crippen molar-refractivity contribution in [1.29, 1.82) is 0 Å². The van der Waals surface area contributed by atoms with Gasteiger partial charge in [0.2, 0.25) is 0 Å². The molecule has 1 aromatic carbocycles. The van der Waals surface area contributed by atoms with Gasteiger partial charge >= 0.3 is 6.18 Å². The third-order valence-electron chi connectivity index (χ3n) is 5.69. The summed E-state index contributed by atoms with van der Waals surface area (Å²) in [5.74, 6) is 0.0778. The lowest BCUT2D eigenvalue weighted by Gasteiger charge is -2.30. The molecule has 1 saturated carbocycles. The molecule has 3 aromatic rings. The minimum absolute atomic E-state index is 0.00871. The number of carbonyl (C=O) groups is 1. The molecule has 0 bridgehead atoms. The van der Waals surface area contributed by atoms with E-state index in [0.717, 1.165) is 12.3 Å². The molecule has 1 aliphatic rings. The summed E-state index contributed by atoms with van der Waals surface area (Å²) in [7, 11) is 0. The predicted molar refractivity (Wildman–Crippen MR) is 114 cm³/mol. The summed E-state index contributed by atoms with van der Waals surface area (Å²) in [5, 5.41) is 6.12. The minimum Gasteiger partial charge on any atom is -0.368 e.